The van der Waals surface area contributed by atoms with Crippen molar-refractivity contribution < 1.29 is 21.2 Å². The van der Waals surface area contributed by atoms with Gasteiger partial charge in [-0.1, -0.05) is 0 Å². The summed E-state index contributed by atoms with van der Waals surface area (Å²) in [6.45, 7) is 0.670. The summed E-state index contributed by atoms with van der Waals surface area (Å²) in [4.78, 5) is 11.5. The van der Waals surface area contributed by atoms with E-state index in [0.29, 0.717) is 6.54 Å². The summed E-state index contributed by atoms with van der Waals surface area (Å²) in [6.07, 6.45) is 0. The number of allylic oxidation sites excluding steroid dienone is 1. The number of nitrogens with zero attached hydrogens (tertiary/aromatic N) is 1. The minimum absolute atomic E-state index is 0.0555. The van der Waals surface area contributed by atoms with Crippen LogP contribution in [0.3, 0.4) is 0 Å². The van der Waals surface area contributed by atoms with Gasteiger partial charge in [0.25, 0.3) is 0 Å². The molecule has 2 nitrogen and oxygen atoms in total. The maximum absolute atomic E-state index is 11.5. The number of halogens is 2. The van der Waals surface area contributed by atoms with Crippen LogP contribution in [0.1, 0.15) is 5.56 Å². The van der Waals surface area contributed by atoms with E-state index in [9.17, 15) is 4.79 Å². The average molecular weight is 377 g/mol. The third kappa shape index (κ3) is 2.21. The quantitative estimate of drug-likeness (QED) is 0.670. The van der Waals surface area contributed by atoms with E-state index in [2.05, 4.69) is 10.1 Å². The zero-order valence-corrected chi connectivity index (χ0v) is 12.4. The Morgan fingerprint density at radius 3 is 3.00 bits per heavy atom. The van der Waals surface area contributed by atoms with E-state index in [1.54, 1.807) is 10.0 Å². The Hall–Kier alpha value is -0.590. The van der Waals surface area contributed by atoms with Crippen LogP contribution in [0.25, 0.3) is 5.57 Å². The van der Waals surface area contributed by atoms with Gasteiger partial charge in [-0.05, 0) is 0 Å². The van der Waals surface area contributed by atoms with E-state index in [4.69, 9.17) is 11.6 Å². The molecule has 1 aliphatic rings. The second-order valence-corrected chi connectivity index (χ2v) is 7.42. The fourth-order valence-electron chi connectivity index (χ4n) is 1.71. The molecule has 0 atom stereocenters. The van der Waals surface area contributed by atoms with Crippen LogP contribution in [0.4, 0.5) is 0 Å². The Morgan fingerprint density at radius 2 is 2.24 bits per heavy atom. The van der Waals surface area contributed by atoms with Gasteiger partial charge in [-0.3, -0.25) is 0 Å². The second-order valence-electron chi connectivity index (χ2n) is 3.65. The molecule has 0 amide bonds. The van der Waals surface area contributed by atoms with Gasteiger partial charge in [-0.2, -0.15) is 0 Å². The van der Waals surface area contributed by atoms with Crippen LogP contribution >= 0.6 is 23.1 Å². The van der Waals surface area contributed by atoms with Gasteiger partial charge < -0.3 is 0 Å². The van der Waals surface area contributed by atoms with Gasteiger partial charge in [0.05, 0.1) is 0 Å². The first-order valence-electron chi connectivity index (χ1n) is 5.01. The summed E-state index contributed by atoms with van der Waals surface area (Å²) in [5.74, 6) is 0. The SMILES string of the molecule is O=c1ccsn1CC1=C[I-]c2ccc(Cl)cc21. The van der Waals surface area contributed by atoms with Crippen molar-refractivity contribution in [2.75, 3.05) is 0 Å². The minimum atomic E-state index is -0.0555. The van der Waals surface area contributed by atoms with E-state index >= 15 is 0 Å². The van der Waals surface area contributed by atoms with E-state index in [0.717, 1.165) is 5.02 Å². The normalized spacial score (nSPS) is 14.1. The number of fused-ring (bicyclic) bond motifs is 1. The van der Waals surface area contributed by atoms with Gasteiger partial charge in [-0.15, -0.1) is 0 Å². The van der Waals surface area contributed by atoms with Crippen molar-refractivity contribution in [3.63, 3.8) is 0 Å². The molecule has 2 heterocycles. The molecule has 0 aliphatic carbocycles. The summed E-state index contributed by atoms with van der Waals surface area (Å²) < 4.78 is 5.45. The van der Waals surface area contributed by atoms with Gasteiger partial charge in [-0.25, -0.2) is 0 Å². The van der Waals surface area contributed by atoms with Gasteiger partial charge >= 0.3 is 119 Å². The van der Waals surface area contributed by atoms with Crippen molar-refractivity contribution in [1.82, 2.24) is 3.96 Å². The van der Waals surface area contributed by atoms with Crippen LogP contribution in [0.15, 0.2) is 38.5 Å². The molecule has 0 saturated heterocycles. The van der Waals surface area contributed by atoms with Gasteiger partial charge in [0.2, 0.25) is 0 Å². The van der Waals surface area contributed by atoms with Gasteiger partial charge in [0, 0.05) is 0 Å². The number of hydrogen-bond acceptors (Lipinski definition) is 2. The van der Waals surface area contributed by atoms with Crippen molar-refractivity contribution in [2.45, 2.75) is 6.54 Å². The van der Waals surface area contributed by atoms with Crippen molar-refractivity contribution in [1.29, 1.82) is 0 Å². The molecule has 0 bridgehead atoms. The van der Waals surface area contributed by atoms with Crippen LogP contribution in [-0.2, 0) is 6.54 Å². The Bertz CT molecular complexity index is 659. The van der Waals surface area contributed by atoms with Crippen molar-refractivity contribution >= 4 is 28.7 Å². The third-order valence-electron chi connectivity index (χ3n) is 2.54. The van der Waals surface area contributed by atoms with Crippen molar-refractivity contribution in [3.8, 4) is 0 Å². The Balaban J connectivity index is 1.96. The van der Waals surface area contributed by atoms with Crippen LogP contribution in [0, 0.1) is 3.57 Å². The van der Waals surface area contributed by atoms with E-state index in [1.165, 1.54) is 26.2 Å². The van der Waals surface area contributed by atoms with Crippen molar-refractivity contribution in [2.24, 2.45) is 0 Å². The van der Waals surface area contributed by atoms with E-state index < -0.39 is 0 Å². The number of rotatable bonds is 2. The first-order valence-corrected chi connectivity index (χ1v) is 8.55. The molecule has 1 aromatic heterocycles. The molecule has 3 rings (SSSR count). The van der Waals surface area contributed by atoms with Crippen LogP contribution in [-0.4, -0.2) is 3.96 Å². The molecule has 17 heavy (non-hydrogen) atoms. The molecule has 0 radical (unpaired) electrons. The summed E-state index contributed by atoms with van der Waals surface area (Å²) in [5.41, 5.74) is 2.54. The Labute approximate surface area is 118 Å². The zero-order chi connectivity index (χ0) is 11.8. The molecule has 0 saturated carbocycles. The van der Waals surface area contributed by atoms with Crippen LogP contribution < -0.4 is 26.8 Å². The number of aromatic nitrogens is 1. The predicted octanol–water partition coefficient (Wildman–Crippen LogP) is -0.123. The predicted molar refractivity (Wildman–Crippen MR) is 66.7 cm³/mol. The van der Waals surface area contributed by atoms with E-state index in [-0.39, 0.29) is 26.8 Å². The number of benzene rings is 1. The molecule has 1 aromatic carbocycles. The van der Waals surface area contributed by atoms with Crippen LogP contribution in [0.2, 0.25) is 5.02 Å². The third-order valence-corrected chi connectivity index (χ3v) is 6.27. The average Bonchev–Trinajstić information content (AvgIpc) is 2.88. The van der Waals surface area contributed by atoms with Gasteiger partial charge in [0.1, 0.15) is 0 Å². The molecule has 2 aromatic rings. The molecular formula is C12H8ClINOS-. The van der Waals surface area contributed by atoms with Crippen LogP contribution in [0.5, 0.6) is 0 Å². The number of hydrogen-bond donors (Lipinski definition) is 0. The van der Waals surface area contributed by atoms with Crippen molar-refractivity contribution in [3.05, 3.63) is 58.2 Å². The molecular weight excluding hydrogens is 369 g/mol. The fourth-order valence-corrected chi connectivity index (χ4v) is 5.05. The maximum atomic E-state index is 11.5. The Kier molecular flexibility index (Phi) is 3.10. The molecule has 88 valence electrons. The molecule has 0 unspecified atom stereocenters. The zero-order valence-electron chi connectivity index (χ0n) is 8.69. The first-order chi connectivity index (χ1) is 8.24. The molecule has 0 N–H and O–H groups in total. The fraction of sp³-hybridized carbons (Fsp3) is 0.0833. The van der Waals surface area contributed by atoms with E-state index in [1.807, 2.05) is 17.5 Å². The Morgan fingerprint density at radius 1 is 1.35 bits per heavy atom. The standard InChI is InChI=1S/C12H8ClINOS/c13-9-1-2-11-10(5-9)8(6-14-11)7-15-12(16)3-4-17-15/h1-6H,7H2/q-1. The van der Waals surface area contributed by atoms with Gasteiger partial charge in [0.15, 0.2) is 0 Å². The summed E-state index contributed by atoms with van der Waals surface area (Å²) in [6, 6.07) is 7.65. The second kappa shape index (κ2) is 4.59. The molecule has 0 spiro atoms. The monoisotopic (exact) mass is 376 g/mol. The first kappa shape index (κ1) is 11.5. The molecule has 0 fully saturated rings. The molecule has 1 aliphatic heterocycles. The summed E-state index contributed by atoms with van der Waals surface area (Å²) in [7, 11) is 0. The topological polar surface area (TPSA) is 22.0 Å². The molecule has 5 heteroatoms. The summed E-state index contributed by atoms with van der Waals surface area (Å²) >= 11 is 7.42. The summed E-state index contributed by atoms with van der Waals surface area (Å²) in [5, 5.41) is 2.59.